The first-order valence-electron chi connectivity index (χ1n) is 7.75. The van der Waals surface area contributed by atoms with Gasteiger partial charge in [0.05, 0.1) is 17.0 Å². The van der Waals surface area contributed by atoms with Crippen molar-refractivity contribution in [2.75, 3.05) is 11.1 Å². The van der Waals surface area contributed by atoms with Crippen molar-refractivity contribution in [1.29, 1.82) is 0 Å². The van der Waals surface area contributed by atoms with Crippen LogP contribution in [0.3, 0.4) is 0 Å². The second kappa shape index (κ2) is 8.92. The molecule has 1 aromatic carbocycles. The van der Waals surface area contributed by atoms with Crippen molar-refractivity contribution >= 4 is 41.0 Å². The van der Waals surface area contributed by atoms with E-state index in [-0.39, 0.29) is 23.6 Å². The number of hydrogen-bond acceptors (Lipinski definition) is 5. The van der Waals surface area contributed by atoms with Crippen LogP contribution in [0.1, 0.15) is 31.2 Å². The number of nitrogens with zero attached hydrogens (tertiary/aromatic N) is 1. The van der Waals surface area contributed by atoms with E-state index in [1.54, 1.807) is 26.0 Å². The second-order valence-corrected chi connectivity index (χ2v) is 7.38. The Bertz CT molecular complexity index is 750. The Morgan fingerprint density at radius 3 is 2.72 bits per heavy atom. The summed E-state index contributed by atoms with van der Waals surface area (Å²) in [6.07, 6.45) is 0. The highest BCUT2D eigenvalue weighted by molar-refractivity contribution is 8.01. The van der Waals surface area contributed by atoms with Gasteiger partial charge in [-0.05, 0) is 38.5 Å². The zero-order valence-electron chi connectivity index (χ0n) is 14.2. The van der Waals surface area contributed by atoms with E-state index in [1.165, 1.54) is 11.8 Å². The molecule has 0 saturated carbocycles. The molecule has 6 nitrogen and oxygen atoms in total. The molecule has 2 rings (SSSR count). The third kappa shape index (κ3) is 6.10. The van der Waals surface area contributed by atoms with Gasteiger partial charge in [-0.25, -0.2) is 0 Å². The Kier molecular flexibility index (Phi) is 6.90. The van der Waals surface area contributed by atoms with Crippen LogP contribution in [0.2, 0.25) is 5.02 Å². The predicted molar refractivity (Wildman–Crippen MR) is 99.8 cm³/mol. The Morgan fingerprint density at radius 2 is 2.08 bits per heavy atom. The summed E-state index contributed by atoms with van der Waals surface area (Å²) in [7, 11) is 0. The molecule has 2 amide bonds. The maximum atomic E-state index is 12.1. The van der Waals surface area contributed by atoms with E-state index in [1.807, 2.05) is 25.1 Å². The Labute approximate surface area is 155 Å². The lowest BCUT2D eigenvalue weighted by molar-refractivity contribution is -0.119. The van der Waals surface area contributed by atoms with E-state index in [9.17, 15) is 9.59 Å². The van der Waals surface area contributed by atoms with Gasteiger partial charge in [0, 0.05) is 11.1 Å². The molecule has 0 radical (unpaired) electrons. The summed E-state index contributed by atoms with van der Waals surface area (Å²) in [5.74, 6) is 0.791. The molecule has 0 aliphatic carbocycles. The summed E-state index contributed by atoms with van der Waals surface area (Å²) in [6, 6.07) is 8.82. The second-order valence-electron chi connectivity index (χ2n) is 5.61. The fourth-order valence-corrected chi connectivity index (χ4v) is 2.97. The van der Waals surface area contributed by atoms with Gasteiger partial charge in [-0.15, -0.1) is 11.8 Å². The van der Waals surface area contributed by atoms with Gasteiger partial charge < -0.3 is 15.2 Å². The highest BCUT2D eigenvalue weighted by Crippen LogP contribution is 2.18. The SMILES string of the molecule is Cc1cc(NC(=O)C(C)SCC(=O)NC(C)c2cccc(Cl)c2)no1. The topological polar surface area (TPSA) is 84.2 Å². The summed E-state index contributed by atoms with van der Waals surface area (Å²) >= 11 is 7.21. The zero-order valence-corrected chi connectivity index (χ0v) is 15.8. The minimum absolute atomic E-state index is 0.144. The van der Waals surface area contributed by atoms with E-state index in [2.05, 4.69) is 15.8 Å². The van der Waals surface area contributed by atoms with E-state index < -0.39 is 5.25 Å². The van der Waals surface area contributed by atoms with E-state index in [4.69, 9.17) is 16.1 Å². The number of hydrogen-bond donors (Lipinski definition) is 2. The molecule has 1 aromatic heterocycles. The Hall–Kier alpha value is -1.99. The number of halogens is 1. The molecule has 25 heavy (non-hydrogen) atoms. The van der Waals surface area contributed by atoms with Gasteiger partial charge >= 0.3 is 0 Å². The van der Waals surface area contributed by atoms with Gasteiger partial charge in [0.2, 0.25) is 11.8 Å². The van der Waals surface area contributed by atoms with Gasteiger partial charge in [-0.1, -0.05) is 28.9 Å². The normalized spacial score (nSPS) is 13.1. The van der Waals surface area contributed by atoms with Crippen LogP contribution in [0, 0.1) is 6.92 Å². The van der Waals surface area contributed by atoms with Gasteiger partial charge in [-0.2, -0.15) is 0 Å². The van der Waals surface area contributed by atoms with E-state index >= 15 is 0 Å². The number of benzene rings is 1. The first-order chi connectivity index (χ1) is 11.8. The van der Waals surface area contributed by atoms with Crippen LogP contribution < -0.4 is 10.6 Å². The van der Waals surface area contributed by atoms with Crippen molar-refractivity contribution in [3.05, 3.63) is 46.7 Å². The molecule has 0 aliphatic heterocycles. The first kappa shape index (κ1) is 19.3. The summed E-state index contributed by atoms with van der Waals surface area (Å²) in [5, 5.41) is 9.48. The highest BCUT2D eigenvalue weighted by atomic mass is 35.5. The molecular formula is C17H20ClN3O3S. The molecule has 8 heteroatoms. The minimum Gasteiger partial charge on any atom is -0.360 e. The lowest BCUT2D eigenvalue weighted by Gasteiger charge is -2.15. The van der Waals surface area contributed by atoms with E-state index in [0.29, 0.717) is 16.6 Å². The molecule has 1 heterocycles. The standard InChI is InChI=1S/C17H20ClN3O3S/c1-10-7-15(21-24-10)20-17(23)12(3)25-9-16(22)19-11(2)13-5-4-6-14(18)8-13/h4-8,11-12H,9H2,1-3H3,(H,19,22)(H,20,21,23). The fraction of sp³-hybridized carbons (Fsp3) is 0.353. The smallest absolute Gasteiger partial charge is 0.238 e. The van der Waals surface area contributed by atoms with E-state index in [0.717, 1.165) is 5.56 Å². The average Bonchev–Trinajstić information content (AvgIpc) is 2.97. The lowest BCUT2D eigenvalue weighted by atomic mass is 10.1. The van der Waals surface area contributed by atoms with Crippen LogP contribution in [0.15, 0.2) is 34.9 Å². The van der Waals surface area contributed by atoms with Crippen LogP contribution in [-0.4, -0.2) is 28.0 Å². The monoisotopic (exact) mass is 381 g/mol. The maximum absolute atomic E-state index is 12.1. The van der Waals surface area contributed by atoms with Crippen molar-refractivity contribution in [3.63, 3.8) is 0 Å². The Balaban J connectivity index is 1.77. The number of rotatable bonds is 7. The fourth-order valence-electron chi connectivity index (χ4n) is 2.07. The van der Waals surface area contributed by atoms with Crippen LogP contribution in [0.5, 0.6) is 0 Å². The molecule has 2 unspecified atom stereocenters. The van der Waals surface area contributed by atoms with Crippen LogP contribution in [0.25, 0.3) is 0 Å². The van der Waals surface area contributed by atoms with Gasteiger partial charge in [-0.3, -0.25) is 9.59 Å². The molecule has 0 fully saturated rings. The molecule has 0 bridgehead atoms. The first-order valence-corrected chi connectivity index (χ1v) is 9.18. The van der Waals surface area contributed by atoms with Crippen LogP contribution >= 0.6 is 23.4 Å². The molecule has 134 valence electrons. The summed E-state index contributed by atoms with van der Waals surface area (Å²) < 4.78 is 4.89. The highest BCUT2D eigenvalue weighted by Gasteiger charge is 2.17. The molecule has 2 atom stereocenters. The summed E-state index contributed by atoms with van der Waals surface area (Å²) in [5.41, 5.74) is 0.929. The third-order valence-corrected chi connectivity index (χ3v) is 4.82. The molecule has 2 aromatic rings. The number of nitrogens with one attached hydrogen (secondary N) is 2. The van der Waals surface area contributed by atoms with Gasteiger partial charge in [0.25, 0.3) is 0 Å². The van der Waals surface area contributed by atoms with Crippen molar-refractivity contribution in [2.24, 2.45) is 0 Å². The average molecular weight is 382 g/mol. The van der Waals surface area contributed by atoms with Crippen LogP contribution in [-0.2, 0) is 9.59 Å². The number of aromatic nitrogens is 1. The third-order valence-electron chi connectivity index (χ3n) is 3.44. The van der Waals surface area contributed by atoms with Gasteiger partial charge in [0.1, 0.15) is 5.76 Å². The minimum atomic E-state index is -0.399. The lowest BCUT2D eigenvalue weighted by Crippen LogP contribution is -2.30. The Morgan fingerprint density at radius 1 is 1.32 bits per heavy atom. The van der Waals surface area contributed by atoms with Crippen LogP contribution in [0.4, 0.5) is 5.82 Å². The quantitative estimate of drug-likeness (QED) is 0.765. The number of carbonyl (C=O) groups is 2. The van der Waals surface area contributed by atoms with Crippen molar-refractivity contribution in [1.82, 2.24) is 10.5 Å². The van der Waals surface area contributed by atoms with Gasteiger partial charge in [0.15, 0.2) is 5.82 Å². The van der Waals surface area contributed by atoms with Crippen molar-refractivity contribution in [2.45, 2.75) is 32.1 Å². The number of anilines is 1. The predicted octanol–water partition coefficient (Wildman–Crippen LogP) is 3.57. The number of amides is 2. The molecule has 2 N–H and O–H groups in total. The number of aryl methyl sites for hydroxylation is 1. The zero-order chi connectivity index (χ0) is 18.4. The maximum Gasteiger partial charge on any atom is 0.238 e. The molecule has 0 spiro atoms. The summed E-state index contributed by atoms with van der Waals surface area (Å²) in [4.78, 5) is 24.1. The molecule has 0 saturated heterocycles. The largest absolute Gasteiger partial charge is 0.360 e. The van der Waals surface area contributed by atoms with Crippen molar-refractivity contribution in [3.8, 4) is 0 Å². The summed E-state index contributed by atoms with van der Waals surface area (Å²) in [6.45, 7) is 5.37. The molecule has 0 aliphatic rings. The number of thioether (sulfide) groups is 1. The van der Waals surface area contributed by atoms with Crippen molar-refractivity contribution < 1.29 is 14.1 Å². The molecular weight excluding hydrogens is 362 g/mol. The number of carbonyl (C=O) groups excluding carboxylic acids is 2.